The Morgan fingerprint density at radius 2 is 1.88 bits per heavy atom. The molecular formula is C16H17NO5S2. The van der Waals surface area contributed by atoms with Crippen LogP contribution in [0, 0.1) is 0 Å². The Hall–Kier alpha value is -1.38. The smallest absolute Gasteiger partial charge is 0.330 e. The van der Waals surface area contributed by atoms with Crippen LogP contribution in [0.5, 0.6) is 0 Å². The van der Waals surface area contributed by atoms with Crippen LogP contribution in [0.1, 0.15) is 36.0 Å². The van der Waals surface area contributed by atoms with E-state index < -0.39 is 20.7 Å². The first-order valence-electron chi connectivity index (χ1n) is 8.00. The predicted octanol–water partition coefficient (Wildman–Crippen LogP) is 1.84. The minimum absolute atomic E-state index is 0.125. The van der Waals surface area contributed by atoms with Crippen molar-refractivity contribution in [3.8, 4) is 0 Å². The molecule has 0 radical (unpaired) electrons. The van der Waals surface area contributed by atoms with Gasteiger partial charge in [0.25, 0.3) is 0 Å². The number of nitrogens with zero attached hydrogens (tertiary/aromatic N) is 1. The van der Waals surface area contributed by atoms with Gasteiger partial charge in [-0.2, -0.15) is 4.31 Å². The highest BCUT2D eigenvalue weighted by molar-refractivity contribution is 8.03. The van der Waals surface area contributed by atoms with Gasteiger partial charge in [0.1, 0.15) is 0 Å². The Kier molecular flexibility index (Phi) is 3.74. The first-order valence-corrected chi connectivity index (χ1v) is 10.3. The average molecular weight is 367 g/mol. The number of esters is 1. The zero-order chi connectivity index (χ0) is 16.9. The lowest BCUT2D eigenvalue weighted by Gasteiger charge is -2.26. The van der Waals surface area contributed by atoms with Gasteiger partial charge in [-0.25, -0.2) is 8.42 Å². The van der Waals surface area contributed by atoms with Crippen molar-refractivity contribution in [2.45, 2.75) is 40.2 Å². The number of carbonyl (C=O) groups is 2. The zero-order valence-electron chi connectivity index (χ0n) is 13.0. The molecule has 1 aromatic rings. The van der Waals surface area contributed by atoms with Crippen LogP contribution in [0.25, 0.3) is 0 Å². The Labute approximate surface area is 144 Å². The topological polar surface area (TPSA) is 80.8 Å². The average Bonchev–Trinajstić information content (AvgIpc) is 3.10. The van der Waals surface area contributed by atoms with E-state index in [9.17, 15) is 18.0 Å². The number of cyclic esters (lactones) is 1. The summed E-state index contributed by atoms with van der Waals surface area (Å²) in [6.07, 6.45) is 3.08. The summed E-state index contributed by atoms with van der Waals surface area (Å²) >= 11 is 1.18. The molecule has 2 saturated heterocycles. The molecule has 0 aromatic heterocycles. The highest BCUT2D eigenvalue weighted by atomic mass is 32.2. The minimum Gasteiger partial charge on any atom is -0.464 e. The fourth-order valence-corrected chi connectivity index (χ4v) is 6.29. The number of Topliss-reactive ketones (excluding diaryl/α,β-unsaturated/α-hetero) is 1. The molecule has 6 nitrogen and oxygen atoms in total. The minimum atomic E-state index is -3.60. The molecule has 0 bridgehead atoms. The third kappa shape index (κ3) is 2.23. The molecule has 3 aliphatic rings. The molecule has 1 atom stereocenters. The number of hydrogen-bond donors (Lipinski definition) is 0. The fourth-order valence-electron chi connectivity index (χ4n) is 3.45. The van der Waals surface area contributed by atoms with E-state index in [1.54, 1.807) is 6.07 Å². The number of ether oxygens (including phenoxy) is 1. The van der Waals surface area contributed by atoms with E-state index in [1.807, 2.05) is 0 Å². The van der Waals surface area contributed by atoms with Crippen LogP contribution >= 0.6 is 11.8 Å². The summed E-state index contributed by atoms with van der Waals surface area (Å²) in [6, 6.07) is 4.59. The highest BCUT2D eigenvalue weighted by Gasteiger charge is 2.57. The number of rotatable bonds is 2. The quantitative estimate of drug-likeness (QED) is 0.586. The highest BCUT2D eigenvalue weighted by Crippen LogP contribution is 2.50. The van der Waals surface area contributed by atoms with E-state index in [1.165, 1.54) is 28.2 Å². The number of fused-ring (bicyclic) bond motifs is 1. The summed E-state index contributed by atoms with van der Waals surface area (Å²) in [4.78, 5) is 25.5. The Bertz CT molecular complexity index is 829. The van der Waals surface area contributed by atoms with Crippen molar-refractivity contribution in [3.63, 3.8) is 0 Å². The van der Waals surface area contributed by atoms with Crippen LogP contribution < -0.4 is 0 Å². The van der Waals surface area contributed by atoms with Crippen LogP contribution in [0.2, 0.25) is 0 Å². The third-order valence-corrected chi connectivity index (χ3v) is 8.19. The van der Waals surface area contributed by atoms with Gasteiger partial charge in [-0.15, -0.1) is 0 Å². The van der Waals surface area contributed by atoms with Gasteiger partial charge in [0.05, 0.1) is 11.5 Å². The van der Waals surface area contributed by atoms with Crippen LogP contribution in [0.15, 0.2) is 28.0 Å². The van der Waals surface area contributed by atoms with Crippen molar-refractivity contribution in [1.82, 2.24) is 4.31 Å². The summed E-state index contributed by atoms with van der Waals surface area (Å²) in [5, 5.41) is 0. The van der Waals surface area contributed by atoms with Crippen molar-refractivity contribution in [2.24, 2.45) is 0 Å². The van der Waals surface area contributed by atoms with Gasteiger partial charge in [0.2, 0.25) is 10.0 Å². The molecule has 0 N–H and O–H groups in total. The van der Waals surface area contributed by atoms with E-state index in [0.717, 1.165) is 19.3 Å². The maximum absolute atomic E-state index is 12.8. The fraction of sp³-hybridized carbons (Fsp3) is 0.500. The standard InChI is InChI=1S/C16H17NO5S2/c18-14-12-10-11(24(20,21)17-7-2-1-3-8-17)4-5-13(12)23-16(14)6-9-22-15(16)19/h4-5,10H,1-3,6-9H2. The van der Waals surface area contributed by atoms with E-state index in [4.69, 9.17) is 4.74 Å². The maximum atomic E-state index is 12.8. The van der Waals surface area contributed by atoms with Gasteiger partial charge in [-0.3, -0.25) is 9.59 Å². The summed E-state index contributed by atoms with van der Waals surface area (Å²) in [6.45, 7) is 1.25. The molecule has 3 aliphatic heterocycles. The Balaban J connectivity index is 1.71. The summed E-state index contributed by atoms with van der Waals surface area (Å²) in [5.41, 5.74) is 0.317. The molecule has 24 heavy (non-hydrogen) atoms. The van der Waals surface area contributed by atoms with Crippen molar-refractivity contribution in [3.05, 3.63) is 23.8 Å². The first kappa shape index (κ1) is 16.1. The molecule has 0 saturated carbocycles. The molecule has 4 rings (SSSR count). The molecule has 128 valence electrons. The maximum Gasteiger partial charge on any atom is 0.330 e. The number of piperidine rings is 1. The Morgan fingerprint density at radius 1 is 1.12 bits per heavy atom. The van der Waals surface area contributed by atoms with Gasteiger partial charge >= 0.3 is 5.97 Å². The lowest BCUT2D eigenvalue weighted by molar-refractivity contribution is -0.138. The van der Waals surface area contributed by atoms with E-state index >= 15 is 0 Å². The summed E-state index contributed by atoms with van der Waals surface area (Å²) in [5.74, 6) is -0.852. The van der Waals surface area contributed by atoms with Crippen molar-refractivity contribution in [1.29, 1.82) is 0 Å². The molecule has 1 aromatic carbocycles. The van der Waals surface area contributed by atoms with Crippen LogP contribution in [-0.4, -0.2) is 48.9 Å². The molecule has 0 aliphatic carbocycles. The largest absolute Gasteiger partial charge is 0.464 e. The lowest BCUT2D eigenvalue weighted by atomic mass is 9.96. The SMILES string of the molecule is O=C1OCCC12Sc1ccc(S(=O)(=O)N3CCCCC3)cc1C2=O. The monoisotopic (exact) mass is 367 g/mol. The number of sulfonamides is 1. The third-order valence-electron chi connectivity index (χ3n) is 4.82. The number of hydrogen-bond acceptors (Lipinski definition) is 6. The molecule has 1 spiro atoms. The molecule has 1 unspecified atom stereocenters. The van der Waals surface area contributed by atoms with Gasteiger partial charge < -0.3 is 4.74 Å². The number of thioether (sulfide) groups is 1. The van der Waals surface area contributed by atoms with Gasteiger partial charge in [-0.05, 0) is 31.0 Å². The molecule has 0 amide bonds. The lowest BCUT2D eigenvalue weighted by Crippen LogP contribution is -2.36. The molecule has 8 heteroatoms. The van der Waals surface area contributed by atoms with Crippen molar-refractivity contribution < 1.29 is 22.7 Å². The predicted molar refractivity (Wildman–Crippen MR) is 87.5 cm³/mol. The normalized spacial score (nSPS) is 27.5. The van der Waals surface area contributed by atoms with E-state index in [0.29, 0.717) is 30.0 Å². The number of benzene rings is 1. The number of carbonyl (C=O) groups excluding carboxylic acids is 2. The Morgan fingerprint density at radius 3 is 2.54 bits per heavy atom. The summed E-state index contributed by atoms with van der Waals surface area (Å²) < 4.78 is 30.8. The van der Waals surface area contributed by atoms with Gasteiger partial charge in [0.15, 0.2) is 10.5 Å². The second kappa shape index (κ2) is 5.57. The van der Waals surface area contributed by atoms with Gasteiger partial charge in [0, 0.05) is 30.0 Å². The zero-order valence-corrected chi connectivity index (χ0v) is 14.6. The van der Waals surface area contributed by atoms with Crippen LogP contribution in [0.3, 0.4) is 0 Å². The molecule has 2 fully saturated rings. The van der Waals surface area contributed by atoms with E-state index in [-0.39, 0.29) is 17.3 Å². The van der Waals surface area contributed by atoms with Gasteiger partial charge in [-0.1, -0.05) is 18.2 Å². The van der Waals surface area contributed by atoms with Crippen molar-refractivity contribution >= 4 is 33.5 Å². The van der Waals surface area contributed by atoms with Crippen LogP contribution in [-0.2, 0) is 19.6 Å². The molecular weight excluding hydrogens is 350 g/mol. The summed E-state index contributed by atoms with van der Waals surface area (Å²) in [7, 11) is -3.60. The second-order valence-corrected chi connectivity index (χ2v) is 9.55. The second-order valence-electron chi connectivity index (χ2n) is 6.27. The number of ketones is 1. The van der Waals surface area contributed by atoms with E-state index in [2.05, 4.69) is 0 Å². The van der Waals surface area contributed by atoms with Crippen molar-refractivity contribution in [2.75, 3.05) is 19.7 Å². The van der Waals surface area contributed by atoms with Crippen LogP contribution in [0.4, 0.5) is 0 Å². The molecule has 3 heterocycles. The first-order chi connectivity index (χ1) is 11.4.